The second-order valence-electron chi connectivity index (χ2n) is 6.56. The van der Waals surface area contributed by atoms with Crippen LogP contribution in [0.2, 0.25) is 0 Å². The summed E-state index contributed by atoms with van der Waals surface area (Å²) in [6.45, 7) is 2.45. The number of nitrogens with zero attached hydrogens (tertiary/aromatic N) is 3. The van der Waals surface area contributed by atoms with Crippen LogP contribution in [0.1, 0.15) is 48.2 Å². The van der Waals surface area contributed by atoms with E-state index >= 15 is 0 Å². The van der Waals surface area contributed by atoms with Gasteiger partial charge in [0, 0.05) is 37.1 Å². The normalized spacial score (nSPS) is 20.0. The molecule has 1 unspecified atom stereocenters. The topological polar surface area (TPSA) is 105 Å². The van der Waals surface area contributed by atoms with Gasteiger partial charge in [-0.3, -0.25) is 0 Å². The third kappa shape index (κ3) is 4.08. The molecule has 8 nitrogen and oxygen atoms in total. The van der Waals surface area contributed by atoms with Gasteiger partial charge in [0.2, 0.25) is 5.95 Å². The van der Waals surface area contributed by atoms with Gasteiger partial charge in [-0.2, -0.15) is 4.98 Å². The molecule has 1 atom stereocenters. The summed E-state index contributed by atoms with van der Waals surface area (Å²) in [6.07, 6.45) is 3.35. The largest absolute Gasteiger partial charge is 0.395 e. The lowest BCUT2D eigenvalue weighted by molar-refractivity contribution is 0.193. The molecule has 25 heavy (non-hydrogen) atoms. The van der Waals surface area contributed by atoms with E-state index in [1.165, 1.54) is 12.8 Å². The average molecular weight is 345 g/mol. The van der Waals surface area contributed by atoms with E-state index in [4.69, 9.17) is 14.4 Å². The maximum Gasteiger partial charge on any atom is 0.224 e. The monoisotopic (exact) mass is 345 g/mol. The molecule has 0 amide bonds. The van der Waals surface area contributed by atoms with Crippen molar-refractivity contribution in [1.82, 2.24) is 15.1 Å². The number of nitrogens with one attached hydrogen (secondary N) is 2. The number of hydrogen-bond donors (Lipinski definition) is 3. The molecule has 2 aromatic heterocycles. The first-order valence-electron chi connectivity index (χ1n) is 8.82. The summed E-state index contributed by atoms with van der Waals surface area (Å²) in [4.78, 5) is 9.02. The Bertz CT molecular complexity index is 710. The summed E-state index contributed by atoms with van der Waals surface area (Å²) in [5.41, 5.74) is 1.82. The van der Waals surface area contributed by atoms with Crippen LogP contribution in [0, 0.1) is 0 Å². The van der Waals surface area contributed by atoms with Crippen LogP contribution < -0.4 is 10.6 Å². The van der Waals surface area contributed by atoms with E-state index in [-0.39, 0.29) is 12.5 Å². The van der Waals surface area contributed by atoms with Gasteiger partial charge < -0.3 is 25.0 Å². The first kappa shape index (κ1) is 16.3. The number of rotatable bonds is 8. The van der Waals surface area contributed by atoms with Gasteiger partial charge in [0.25, 0.3) is 0 Å². The van der Waals surface area contributed by atoms with Gasteiger partial charge in [0.1, 0.15) is 17.3 Å². The fourth-order valence-corrected chi connectivity index (χ4v) is 2.93. The number of anilines is 2. The first-order valence-corrected chi connectivity index (χ1v) is 8.82. The van der Waals surface area contributed by atoms with Crippen LogP contribution in [-0.4, -0.2) is 46.6 Å². The van der Waals surface area contributed by atoms with Crippen LogP contribution in [0.3, 0.4) is 0 Å². The zero-order valence-corrected chi connectivity index (χ0v) is 14.1. The first-order chi connectivity index (χ1) is 12.3. The van der Waals surface area contributed by atoms with Crippen molar-refractivity contribution in [3.63, 3.8) is 0 Å². The van der Waals surface area contributed by atoms with E-state index in [2.05, 4.69) is 25.8 Å². The fourth-order valence-electron chi connectivity index (χ4n) is 2.93. The van der Waals surface area contributed by atoms with Gasteiger partial charge in [-0.15, -0.1) is 0 Å². The molecule has 1 aliphatic heterocycles. The highest BCUT2D eigenvalue weighted by Crippen LogP contribution is 2.40. The maximum atomic E-state index is 9.01. The SMILES string of the molecule is OCCNc1nc(NCc2cc(C3CC3)on2)cc(C2CCOC2)n1. The lowest BCUT2D eigenvalue weighted by Crippen LogP contribution is -2.13. The van der Waals surface area contributed by atoms with E-state index in [0.717, 1.165) is 36.0 Å². The van der Waals surface area contributed by atoms with Crippen LogP contribution in [0.5, 0.6) is 0 Å². The van der Waals surface area contributed by atoms with Crippen molar-refractivity contribution in [3.05, 3.63) is 29.3 Å². The van der Waals surface area contributed by atoms with E-state index in [1.807, 2.05) is 12.1 Å². The summed E-state index contributed by atoms with van der Waals surface area (Å²) < 4.78 is 10.8. The van der Waals surface area contributed by atoms with Crippen LogP contribution in [0.15, 0.2) is 16.7 Å². The minimum Gasteiger partial charge on any atom is -0.395 e. The van der Waals surface area contributed by atoms with Gasteiger partial charge in [0.15, 0.2) is 0 Å². The molecule has 0 aromatic carbocycles. The smallest absolute Gasteiger partial charge is 0.224 e. The number of aliphatic hydroxyl groups is 1. The summed E-state index contributed by atoms with van der Waals surface area (Å²) in [6, 6.07) is 3.98. The predicted molar refractivity (Wildman–Crippen MR) is 91.6 cm³/mol. The second kappa shape index (κ2) is 7.37. The molecule has 3 heterocycles. The van der Waals surface area contributed by atoms with Crippen molar-refractivity contribution < 1.29 is 14.4 Å². The van der Waals surface area contributed by atoms with Crippen LogP contribution in [0.25, 0.3) is 0 Å². The minimum absolute atomic E-state index is 0.0335. The van der Waals surface area contributed by atoms with Crippen molar-refractivity contribution in [2.24, 2.45) is 0 Å². The van der Waals surface area contributed by atoms with E-state index in [9.17, 15) is 0 Å². The van der Waals surface area contributed by atoms with Gasteiger partial charge in [-0.05, 0) is 19.3 Å². The van der Waals surface area contributed by atoms with Gasteiger partial charge in [0.05, 0.1) is 25.5 Å². The molecule has 2 aliphatic rings. The molecule has 4 rings (SSSR count). The lowest BCUT2D eigenvalue weighted by Gasteiger charge is -2.13. The molecule has 2 aromatic rings. The third-order valence-electron chi connectivity index (χ3n) is 4.50. The molecule has 134 valence electrons. The molecule has 2 fully saturated rings. The standard InChI is InChI=1S/C17H23N5O3/c23-5-4-18-17-20-14(12-3-6-24-10-12)8-16(21-17)19-9-13-7-15(25-22-13)11-1-2-11/h7-8,11-12,23H,1-6,9-10H2,(H2,18,19,20,21). The molecule has 0 spiro atoms. The molecule has 1 saturated heterocycles. The molecule has 3 N–H and O–H groups in total. The van der Waals surface area contributed by atoms with Crippen molar-refractivity contribution in [1.29, 1.82) is 0 Å². The highest BCUT2D eigenvalue weighted by Gasteiger charge is 2.27. The molecule has 8 heteroatoms. The van der Waals surface area contributed by atoms with Crippen molar-refractivity contribution in [3.8, 4) is 0 Å². The minimum atomic E-state index is 0.0335. The Hall–Kier alpha value is -2.19. The van der Waals surface area contributed by atoms with Crippen LogP contribution in [0.4, 0.5) is 11.8 Å². The number of aromatic nitrogens is 3. The Morgan fingerprint density at radius 3 is 2.80 bits per heavy atom. The molecule has 1 aliphatic carbocycles. The van der Waals surface area contributed by atoms with E-state index < -0.39 is 0 Å². The summed E-state index contributed by atoms with van der Waals surface area (Å²) in [7, 11) is 0. The summed E-state index contributed by atoms with van der Waals surface area (Å²) in [5, 5.41) is 19.5. The zero-order valence-electron chi connectivity index (χ0n) is 14.1. The Labute approximate surface area is 146 Å². The quantitative estimate of drug-likeness (QED) is 0.666. The summed E-state index contributed by atoms with van der Waals surface area (Å²) in [5.74, 6) is 3.07. The van der Waals surface area contributed by atoms with Gasteiger partial charge in [-0.1, -0.05) is 5.16 Å². The number of hydrogen-bond acceptors (Lipinski definition) is 8. The predicted octanol–water partition coefficient (Wildman–Crippen LogP) is 1.86. The Kier molecular flexibility index (Phi) is 4.80. The maximum absolute atomic E-state index is 9.01. The summed E-state index contributed by atoms with van der Waals surface area (Å²) >= 11 is 0. The molecule has 0 bridgehead atoms. The molecule has 1 saturated carbocycles. The van der Waals surface area contributed by atoms with Crippen molar-refractivity contribution >= 4 is 11.8 Å². The van der Waals surface area contributed by atoms with Crippen molar-refractivity contribution in [2.45, 2.75) is 37.6 Å². The average Bonchev–Trinajstić information content (AvgIpc) is 3.14. The Balaban J connectivity index is 1.46. The van der Waals surface area contributed by atoms with E-state index in [0.29, 0.717) is 31.6 Å². The highest BCUT2D eigenvalue weighted by molar-refractivity contribution is 5.43. The fraction of sp³-hybridized carbons (Fsp3) is 0.588. The second-order valence-corrected chi connectivity index (χ2v) is 6.56. The van der Waals surface area contributed by atoms with Gasteiger partial charge >= 0.3 is 0 Å². The Morgan fingerprint density at radius 2 is 2.04 bits per heavy atom. The van der Waals surface area contributed by atoms with Gasteiger partial charge in [-0.25, -0.2) is 4.98 Å². The molecular weight excluding hydrogens is 322 g/mol. The van der Waals surface area contributed by atoms with Crippen LogP contribution >= 0.6 is 0 Å². The molecule has 0 radical (unpaired) electrons. The Morgan fingerprint density at radius 1 is 1.12 bits per heavy atom. The van der Waals surface area contributed by atoms with Crippen molar-refractivity contribution in [2.75, 3.05) is 37.0 Å². The van der Waals surface area contributed by atoms with E-state index in [1.54, 1.807) is 0 Å². The number of aliphatic hydroxyl groups excluding tert-OH is 1. The highest BCUT2D eigenvalue weighted by atomic mass is 16.5. The van der Waals surface area contributed by atoms with Crippen LogP contribution in [-0.2, 0) is 11.3 Å². The third-order valence-corrected chi connectivity index (χ3v) is 4.50. The molecular formula is C17H23N5O3. The zero-order chi connectivity index (χ0) is 17.1. The number of ether oxygens (including phenoxy) is 1. The lowest BCUT2D eigenvalue weighted by atomic mass is 10.0.